The Bertz CT molecular complexity index is 192. The van der Waals surface area contributed by atoms with Gasteiger partial charge in [0, 0.05) is 37.8 Å². The summed E-state index contributed by atoms with van der Waals surface area (Å²) in [4.78, 5) is 2.53. The first kappa shape index (κ1) is 14.9. The molecular formula is C14H30N2O. The van der Waals surface area contributed by atoms with Gasteiger partial charge in [-0.25, -0.2) is 0 Å². The Morgan fingerprint density at radius 2 is 1.82 bits per heavy atom. The van der Waals surface area contributed by atoms with Crippen LogP contribution in [0.5, 0.6) is 0 Å². The van der Waals surface area contributed by atoms with E-state index < -0.39 is 0 Å². The predicted molar refractivity (Wildman–Crippen MR) is 73.4 cm³/mol. The largest absolute Gasteiger partial charge is 0.381 e. The van der Waals surface area contributed by atoms with Crippen molar-refractivity contribution >= 4 is 0 Å². The zero-order chi connectivity index (χ0) is 12.8. The third kappa shape index (κ3) is 4.94. The average Bonchev–Trinajstić information content (AvgIpc) is 2.76. The molecule has 0 saturated carbocycles. The summed E-state index contributed by atoms with van der Waals surface area (Å²) in [6.07, 6.45) is 1.21. The Labute approximate surface area is 107 Å². The van der Waals surface area contributed by atoms with Gasteiger partial charge in [0.15, 0.2) is 0 Å². The third-order valence-corrected chi connectivity index (χ3v) is 3.83. The van der Waals surface area contributed by atoms with Crippen LogP contribution >= 0.6 is 0 Å². The predicted octanol–water partition coefficient (Wildman–Crippen LogP) is 2.12. The van der Waals surface area contributed by atoms with Gasteiger partial charge in [-0.3, -0.25) is 4.90 Å². The standard InChI is InChI=1S/C14H30N2O/c1-11(2)16(12(3)4)8-7-15-13(5)14-6-9-17-10-14/h11-15H,6-10H2,1-5H3. The molecule has 0 aliphatic carbocycles. The summed E-state index contributed by atoms with van der Waals surface area (Å²) < 4.78 is 5.43. The van der Waals surface area contributed by atoms with Crippen molar-refractivity contribution in [3.8, 4) is 0 Å². The quantitative estimate of drug-likeness (QED) is 0.740. The molecular weight excluding hydrogens is 212 g/mol. The maximum Gasteiger partial charge on any atom is 0.0509 e. The lowest BCUT2D eigenvalue weighted by Crippen LogP contribution is -2.44. The first-order valence-electron chi connectivity index (χ1n) is 7.09. The van der Waals surface area contributed by atoms with E-state index in [9.17, 15) is 0 Å². The minimum absolute atomic E-state index is 0.582. The molecule has 0 amide bonds. The van der Waals surface area contributed by atoms with Crippen LogP contribution in [-0.4, -0.2) is 49.3 Å². The van der Waals surface area contributed by atoms with Gasteiger partial charge in [0.2, 0.25) is 0 Å². The fourth-order valence-corrected chi connectivity index (χ4v) is 2.65. The molecule has 0 radical (unpaired) electrons. The van der Waals surface area contributed by atoms with Crippen LogP contribution in [0, 0.1) is 5.92 Å². The molecule has 0 spiro atoms. The van der Waals surface area contributed by atoms with Gasteiger partial charge in [-0.05, 0) is 47.0 Å². The van der Waals surface area contributed by atoms with Crippen LogP contribution in [0.2, 0.25) is 0 Å². The van der Waals surface area contributed by atoms with Crippen LogP contribution in [0.1, 0.15) is 41.0 Å². The molecule has 2 unspecified atom stereocenters. The third-order valence-electron chi connectivity index (χ3n) is 3.83. The van der Waals surface area contributed by atoms with E-state index >= 15 is 0 Å². The van der Waals surface area contributed by atoms with E-state index in [1.807, 2.05) is 0 Å². The van der Waals surface area contributed by atoms with Gasteiger partial charge in [0.05, 0.1) is 6.61 Å². The lowest BCUT2D eigenvalue weighted by Gasteiger charge is -2.31. The van der Waals surface area contributed by atoms with Gasteiger partial charge < -0.3 is 10.1 Å². The Hall–Kier alpha value is -0.120. The second-order valence-electron chi connectivity index (χ2n) is 5.79. The summed E-state index contributed by atoms with van der Waals surface area (Å²) in [6.45, 7) is 15.5. The molecule has 1 heterocycles. The second-order valence-corrected chi connectivity index (χ2v) is 5.79. The van der Waals surface area contributed by atoms with E-state index in [1.54, 1.807) is 0 Å². The van der Waals surface area contributed by atoms with Crippen molar-refractivity contribution < 1.29 is 4.74 Å². The summed E-state index contributed by atoms with van der Waals surface area (Å²) in [6, 6.07) is 1.84. The molecule has 2 atom stereocenters. The first-order chi connectivity index (χ1) is 8.02. The lowest BCUT2D eigenvalue weighted by molar-refractivity contribution is 0.164. The molecule has 0 aromatic heterocycles. The minimum atomic E-state index is 0.582. The molecule has 1 aliphatic heterocycles. The lowest BCUT2D eigenvalue weighted by atomic mass is 10.0. The van der Waals surface area contributed by atoms with Gasteiger partial charge in [-0.2, -0.15) is 0 Å². The number of ether oxygens (including phenoxy) is 1. The number of hydrogen-bond donors (Lipinski definition) is 1. The van der Waals surface area contributed by atoms with Gasteiger partial charge >= 0.3 is 0 Å². The summed E-state index contributed by atoms with van der Waals surface area (Å²) in [7, 11) is 0. The summed E-state index contributed by atoms with van der Waals surface area (Å²) >= 11 is 0. The van der Waals surface area contributed by atoms with Crippen LogP contribution in [-0.2, 0) is 4.74 Å². The fraction of sp³-hybridized carbons (Fsp3) is 1.00. The molecule has 0 bridgehead atoms. The van der Waals surface area contributed by atoms with Crippen molar-refractivity contribution in [1.82, 2.24) is 10.2 Å². The van der Waals surface area contributed by atoms with Crippen molar-refractivity contribution in [3.63, 3.8) is 0 Å². The highest BCUT2D eigenvalue weighted by Crippen LogP contribution is 2.16. The molecule has 0 aromatic rings. The van der Waals surface area contributed by atoms with E-state index in [1.165, 1.54) is 6.42 Å². The molecule has 1 N–H and O–H groups in total. The Morgan fingerprint density at radius 1 is 1.18 bits per heavy atom. The number of rotatable bonds is 7. The highest BCUT2D eigenvalue weighted by Gasteiger charge is 2.22. The van der Waals surface area contributed by atoms with Crippen molar-refractivity contribution in [1.29, 1.82) is 0 Å². The number of nitrogens with one attached hydrogen (secondary N) is 1. The van der Waals surface area contributed by atoms with Crippen LogP contribution in [0.4, 0.5) is 0 Å². The van der Waals surface area contributed by atoms with Gasteiger partial charge in [-0.1, -0.05) is 0 Å². The number of hydrogen-bond acceptors (Lipinski definition) is 3. The van der Waals surface area contributed by atoms with Crippen molar-refractivity contribution in [2.75, 3.05) is 26.3 Å². The van der Waals surface area contributed by atoms with E-state index in [-0.39, 0.29) is 0 Å². The molecule has 3 heteroatoms. The fourth-order valence-electron chi connectivity index (χ4n) is 2.65. The molecule has 17 heavy (non-hydrogen) atoms. The van der Waals surface area contributed by atoms with E-state index in [0.717, 1.165) is 26.3 Å². The Kier molecular flexibility index (Phi) is 6.45. The van der Waals surface area contributed by atoms with E-state index in [4.69, 9.17) is 4.74 Å². The van der Waals surface area contributed by atoms with Crippen molar-refractivity contribution in [2.45, 2.75) is 59.2 Å². The monoisotopic (exact) mass is 242 g/mol. The molecule has 0 aromatic carbocycles. The van der Waals surface area contributed by atoms with Crippen LogP contribution in [0.3, 0.4) is 0 Å². The molecule has 1 fully saturated rings. The van der Waals surface area contributed by atoms with E-state index in [2.05, 4.69) is 44.8 Å². The molecule has 1 aliphatic rings. The van der Waals surface area contributed by atoms with Crippen molar-refractivity contribution in [2.24, 2.45) is 5.92 Å². The Morgan fingerprint density at radius 3 is 2.29 bits per heavy atom. The second kappa shape index (κ2) is 7.34. The van der Waals surface area contributed by atoms with Crippen molar-refractivity contribution in [3.05, 3.63) is 0 Å². The molecule has 1 rings (SSSR count). The summed E-state index contributed by atoms with van der Waals surface area (Å²) in [5.74, 6) is 0.710. The average molecular weight is 242 g/mol. The van der Waals surface area contributed by atoms with Gasteiger partial charge in [-0.15, -0.1) is 0 Å². The summed E-state index contributed by atoms with van der Waals surface area (Å²) in [5.41, 5.74) is 0. The zero-order valence-electron chi connectivity index (χ0n) is 12.2. The molecule has 1 saturated heterocycles. The number of nitrogens with zero attached hydrogens (tertiary/aromatic N) is 1. The van der Waals surface area contributed by atoms with Crippen LogP contribution in [0.25, 0.3) is 0 Å². The normalized spacial score (nSPS) is 22.9. The molecule has 102 valence electrons. The maximum absolute atomic E-state index is 5.43. The van der Waals surface area contributed by atoms with E-state index in [0.29, 0.717) is 24.0 Å². The first-order valence-corrected chi connectivity index (χ1v) is 7.09. The topological polar surface area (TPSA) is 24.5 Å². The summed E-state index contributed by atoms with van der Waals surface area (Å²) in [5, 5.41) is 3.64. The zero-order valence-corrected chi connectivity index (χ0v) is 12.2. The highest BCUT2D eigenvalue weighted by molar-refractivity contribution is 4.77. The van der Waals surface area contributed by atoms with Crippen LogP contribution in [0.15, 0.2) is 0 Å². The maximum atomic E-state index is 5.43. The van der Waals surface area contributed by atoms with Crippen LogP contribution < -0.4 is 5.32 Å². The SMILES string of the molecule is CC(NCCN(C(C)C)C(C)C)C1CCOC1. The Balaban J connectivity index is 2.21. The smallest absolute Gasteiger partial charge is 0.0509 e. The van der Waals surface area contributed by atoms with Gasteiger partial charge in [0.25, 0.3) is 0 Å². The minimum Gasteiger partial charge on any atom is -0.381 e. The molecule has 3 nitrogen and oxygen atoms in total. The highest BCUT2D eigenvalue weighted by atomic mass is 16.5. The van der Waals surface area contributed by atoms with Gasteiger partial charge in [0.1, 0.15) is 0 Å².